The highest BCUT2D eigenvalue weighted by Crippen LogP contribution is 2.24. The zero-order valence-corrected chi connectivity index (χ0v) is 9.60. The summed E-state index contributed by atoms with van der Waals surface area (Å²) in [5, 5.41) is 0. The van der Waals surface area contributed by atoms with E-state index >= 15 is 0 Å². The van der Waals surface area contributed by atoms with Crippen molar-refractivity contribution >= 4 is 0 Å². The molecule has 0 saturated carbocycles. The van der Waals surface area contributed by atoms with E-state index in [2.05, 4.69) is 30.1 Å². The van der Waals surface area contributed by atoms with Gasteiger partial charge in [0.1, 0.15) is 0 Å². The lowest BCUT2D eigenvalue weighted by atomic mass is 9.99. The third kappa shape index (κ3) is 2.28. The lowest BCUT2D eigenvalue weighted by molar-refractivity contribution is 0.185. The van der Waals surface area contributed by atoms with Crippen molar-refractivity contribution in [2.75, 3.05) is 7.11 Å². The minimum Gasteiger partial charge on any atom is -0.380 e. The summed E-state index contributed by atoms with van der Waals surface area (Å²) in [7, 11) is 1.72. The molecule has 82 valence electrons. The molecule has 1 aromatic carbocycles. The predicted octanol–water partition coefficient (Wildman–Crippen LogP) is 3.20. The van der Waals surface area contributed by atoms with Gasteiger partial charge in [-0.25, -0.2) is 0 Å². The standard InChI is InChI=1S/C14H15NO/c1-11-3-4-14(13(9-11)10-16-2)12-5-7-15-8-6-12/h3-9H,10H2,1-2H3. The van der Waals surface area contributed by atoms with Crippen LogP contribution in [0.2, 0.25) is 0 Å². The maximum atomic E-state index is 5.23. The third-order valence-corrected chi connectivity index (χ3v) is 2.55. The minimum atomic E-state index is 0.638. The summed E-state index contributed by atoms with van der Waals surface area (Å²) < 4.78 is 5.23. The maximum absolute atomic E-state index is 5.23. The first-order valence-corrected chi connectivity index (χ1v) is 5.30. The molecule has 0 aliphatic heterocycles. The molecular formula is C14H15NO. The molecule has 0 saturated heterocycles. The van der Waals surface area contributed by atoms with Crippen LogP contribution in [0.4, 0.5) is 0 Å². The number of benzene rings is 1. The summed E-state index contributed by atoms with van der Waals surface area (Å²) >= 11 is 0. The summed E-state index contributed by atoms with van der Waals surface area (Å²) in [5.41, 5.74) is 4.87. The van der Waals surface area contributed by atoms with Gasteiger partial charge in [0.15, 0.2) is 0 Å². The molecule has 2 heteroatoms. The lowest BCUT2D eigenvalue weighted by Gasteiger charge is -2.09. The summed E-state index contributed by atoms with van der Waals surface area (Å²) in [5.74, 6) is 0. The van der Waals surface area contributed by atoms with Crippen LogP contribution in [0.25, 0.3) is 11.1 Å². The number of hydrogen-bond donors (Lipinski definition) is 0. The van der Waals surface area contributed by atoms with E-state index in [0.29, 0.717) is 6.61 Å². The van der Waals surface area contributed by atoms with E-state index in [1.807, 2.05) is 24.5 Å². The molecule has 2 rings (SSSR count). The Kier molecular flexibility index (Phi) is 3.32. The van der Waals surface area contributed by atoms with Crippen molar-refractivity contribution in [2.24, 2.45) is 0 Å². The van der Waals surface area contributed by atoms with Crippen LogP contribution < -0.4 is 0 Å². The molecule has 0 atom stereocenters. The topological polar surface area (TPSA) is 22.1 Å². The van der Waals surface area contributed by atoms with Gasteiger partial charge in [-0.2, -0.15) is 0 Å². The van der Waals surface area contributed by atoms with Gasteiger partial charge in [-0.15, -0.1) is 0 Å². The molecule has 0 aliphatic rings. The summed E-state index contributed by atoms with van der Waals surface area (Å²) in [6.07, 6.45) is 3.62. The van der Waals surface area contributed by atoms with Gasteiger partial charge in [0.05, 0.1) is 6.61 Å². The molecule has 0 N–H and O–H groups in total. The minimum absolute atomic E-state index is 0.638. The second kappa shape index (κ2) is 4.90. The van der Waals surface area contributed by atoms with Gasteiger partial charge in [-0.1, -0.05) is 23.8 Å². The molecule has 2 nitrogen and oxygen atoms in total. The number of methoxy groups -OCH3 is 1. The number of nitrogens with zero attached hydrogens (tertiary/aromatic N) is 1. The molecular weight excluding hydrogens is 198 g/mol. The summed E-state index contributed by atoms with van der Waals surface area (Å²) in [6, 6.07) is 10.5. The molecule has 0 unspecified atom stereocenters. The zero-order valence-electron chi connectivity index (χ0n) is 9.60. The van der Waals surface area contributed by atoms with Gasteiger partial charge < -0.3 is 4.74 Å². The Morgan fingerprint density at radius 2 is 1.88 bits per heavy atom. The fourth-order valence-corrected chi connectivity index (χ4v) is 1.81. The maximum Gasteiger partial charge on any atom is 0.0719 e. The van der Waals surface area contributed by atoms with Crippen LogP contribution in [0, 0.1) is 6.92 Å². The van der Waals surface area contributed by atoms with Crippen molar-refractivity contribution < 1.29 is 4.74 Å². The molecule has 16 heavy (non-hydrogen) atoms. The third-order valence-electron chi connectivity index (χ3n) is 2.55. The van der Waals surface area contributed by atoms with E-state index in [1.54, 1.807) is 7.11 Å². The van der Waals surface area contributed by atoms with Gasteiger partial charge in [0.2, 0.25) is 0 Å². The Labute approximate surface area is 95.9 Å². The molecule has 2 aromatic rings. The average Bonchev–Trinajstić information content (AvgIpc) is 2.31. The van der Waals surface area contributed by atoms with E-state index in [1.165, 1.54) is 22.3 Å². The first-order chi connectivity index (χ1) is 7.81. The normalized spacial score (nSPS) is 10.4. The zero-order chi connectivity index (χ0) is 11.4. The number of pyridine rings is 1. The van der Waals surface area contributed by atoms with Crippen molar-refractivity contribution in [1.82, 2.24) is 4.98 Å². The van der Waals surface area contributed by atoms with E-state index in [9.17, 15) is 0 Å². The number of ether oxygens (including phenoxy) is 1. The van der Waals surface area contributed by atoms with E-state index in [-0.39, 0.29) is 0 Å². The Balaban J connectivity index is 2.48. The quantitative estimate of drug-likeness (QED) is 0.781. The smallest absolute Gasteiger partial charge is 0.0719 e. The van der Waals surface area contributed by atoms with Crippen molar-refractivity contribution in [3.63, 3.8) is 0 Å². The molecule has 0 spiro atoms. The Bertz CT molecular complexity index is 465. The summed E-state index contributed by atoms with van der Waals surface area (Å²) in [4.78, 5) is 4.03. The molecule has 0 amide bonds. The largest absolute Gasteiger partial charge is 0.380 e. The number of rotatable bonds is 3. The molecule has 0 aliphatic carbocycles. The van der Waals surface area contributed by atoms with Crippen molar-refractivity contribution in [2.45, 2.75) is 13.5 Å². The summed E-state index contributed by atoms with van der Waals surface area (Å²) in [6.45, 7) is 2.73. The molecule has 0 radical (unpaired) electrons. The van der Waals surface area contributed by atoms with Gasteiger partial charge in [0, 0.05) is 19.5 Å². The van der Waals surface area contributed by atoms with Gasteiger partial charge in [0.25, 0.3) is 0 Å². The van der Waals surface area contributed by atoms with E-state index in [4.69, 9.17) is 4.74 Å². The van der Waals surface area contributed by atoms with E-state index in [0.717, 1.165) is 0 Å². The van der Waals surface area contributed by atoms with Crippen molar-refractivity contribution in [3.05, 3.63) is 53.9 Å². The van der Waals surface area contributed by atoms with Crippen LogP contribution >= 0.6 is 0 Å². The second-order valence-corrected chi connectivity index (χ2v) is 3.83. The average molecular weight is 213 g/mol. The van der Waals surface area contributed by atoms with Gasteiger partial charge in [-0.05, 0) is 35.7 Å². The van der Waals surface area contributed by atoms with Crippen molar-refractivity contribution in [1.29, 1.82) is 0 Å². The highest BCUT2D eigenvalue weighted by Gasteiger charge is 2.04. The van der Waals surface area contributed by atoms with E-state index < -0.39 is 0 Å². The Morgan fingerprint density at radius 1 is 1.12 bits per heavy atom. The molecule has 1 aromatic heterocycles. The first kappa shape index (κ1) is 10.8. The van der Waals surface area contributed by atoms with Crippen LogP contribution in [0.15, 0.2) is 42.7 Å². The van der Waals surface area contributed by atoms with Crippen molar-refractivity contribution in [3.8, 4) is 11.1 Å². The monoisotopic (exact) mass is 213 g/mol. The fourth-order valence-electron chi connectivity index (χ4n) is 1.81. The second-order valence-electron chi connectivity index (χ2n) is 3.83. The fraction of sp³-hybridized carbons (Fsp3) is 0.214. The number of hydrogen-bond acceptors (Lipinski definition) is 2. The lowest BCUT2D eigenvalue weighted by Crippen LogP contribution is -1.93. The highest BCUT2D eigenvalue weighted by atomic mass is 16.5. The van der Waals surface area contributed by atoms with Crippen LogP contribution in [0.5, 0.6) is 0 Å². The molecule has 1 heterocycles. The Morgan fingerprint density at radius 3 is 2.56 bits per heavy atom. The molecule has 0 fully saturated rings. The SMILES string of the molecule is COCc1cc(C)ccc1-c1ccncc1. The number of aromatic nitrogens is 1. The van der Waals surface area contributed by atoms with Gasteiger partial charge >= 0.3 is 0 Å². The van der Waals surface area contributed by atoms with Crippen LogP contribution in [0.1, 0.15) is 11.1 Å². The molecule has 0 bridgehead atoms. The first-order valence-electron chi connectivity index (χ1n) is 5.30. The predicted molar refractivity (Wildman–Crippen MR) is 65.1 cm³/mol. The Hall–Kier alpha value is -1.67. The van der Waals surface area contributed by atoms with Crippen LogP contribution in [0.3, 0.4) is 0 Å². The van der Waals surface area contributed by atoms with Crippen LogP contribution in [-0.2, 0) is 11.3 Å². The van der Waals surface area contributed by atoms with Crippen LogP contribution in [-0.4, -0.2) is 12.1 Å². The number of aryl methyl sites for hydroxylation is 1. The van der Waals surface area contributed by atoms with Gasteiger partial charge in [-0.3, -0.25) is 4.98 Å². The highest BCUT2D eigenvalue weighted by molar-refractivity contribution is 5.67.